The van der Waals surface area contributed by atoms with Crippen LogP contribution in [0, 0.1) is 5.92 Å². The Bertz CT molecular complexity index is 706. The second kappa shape index (κ2) is 8.29. The first kappa shape index (κ1) is 17.7. The van der Waals surface area contributed by atoms with Crippen LogP contribution in [-0.4, -0.2) is 17.2 Å². The van der Waals surface area contributed by atoms with Gasteiger partial charge in [0, 0.05) is 5.56 Å². The first-order valence-corrected chi connectivity index (χ1v) is 8.17. The molecule has 1 amide bonds. The summed E-state index contributed by atoms with van der Waals surface area (Å²) in [5, 5.41) is 13.6. The number of hydrogen-bond donors (Lipinski definition) is 2. The van der Waals surface area contributed by atoms with Crippen molar-refractivity contribution in [2.75, 3.05) is 0 Å². The molecule has 0 saturated heterocycles. The maximum absolute atomic E-state index is 12.2. The molecule has 0 aromatic heterocycles. The molecule has 1 unspecified atom stereocenters. The number of hydrazone groups is 1. The first-order chi connectivity index (χ1) is 11.5. The number of nitrogens with zero attached hydrogens (tertiary/aromatic N) is 1. The fourth-order valence-corrected chi connectivity index (χ4v) is 2.42. The van der Waals surface area contributed by atoms with Crippen LogP contribution in [-0.2, 0) is 11.2 Å². The van der Waals surface area contributed by atoms with Crippen LogP contribution >= 0.6 is 0 Å². The maximum atomic E-state index is 12.2. The van der Waals surface area contributed by atoms with Crippen molar-refractivity contribution in [3.63, 3.8) is 0 Å². The van der Waals surface area contributed by atoms with Gasteiger partial charge in [0.05, 0.1) is 12.1 Å². The highest BCUT2D eigenvalue weighted by Gasteiger charge is 2.14. The molecule has 0 aliphatic carbocycles. The molecule has 0 radical (unpaired) electrons. The van der Waals surface area contributed by atoms with Gasteiger partial charge in [-0.3, -0.25) is 4.79 Å². The number of carbonyl (C=O) groups excluding carboxylic acids is 1. The van der Waals surface area contributed by atoms with Crippen molar-refractivity contribution in [3.8, 4) is 5.75 Å². The van der Waals surface area contributed by atoms with Gasteiger partial charge in [-0.2, -0.15) is 5.10 Å². The van der Waals surface area contributed by atoms with E-state index >= 15 is 0 Å². The number of rotatable bonds is 6. The number of phenolic OH excluding ortho intramolecular Hbond substituents is 1. The molecule has 24 heavy (non-hydrogen) atoms. The van der Waals surface area contributed by atoms with Gasteiger partial charge in [0.25, 0.3) is 0 Å². The van der Waals surface area contributed by atoms with Crippen LogP contribution in [0.4, 0.5) is 0 Å². The van der Waals surface area contributed by atoms with Crippen molar-refractivity contribution >= 4 is 12.1 Å². The Labute approximate surface area is 143 Å². The van der Waals surface area contributed by atoms with Crippen molar-refractivity contribution in [1.82, 2.24) is 5.43 Å². The standard InChI is InChI=1S/C20H24N2O2/c1-14(2)12-16-8-10-17(11-9-16)15(3)20(24)22-21-13-18-6-4-5-7-19(18)23/h4-11,13-15,23H,12H2,1-3H3,(H,22,24)/b21-13-. The first-order valence-electron chi connectivity index (χ1n) is 8.17. The predicted octanol–water partition coefficient (Wildman–Crippen LogP) is 3.84. The third kappa shape index (κ3) is 4.95. The fraction of sp³-hybridized carbons (Fsp3) is 0.300. The Morgan fingerprint density at radius 1 is 1.12 bits per heavy atom. The number of nitrogens with one attached hydrogen (secondary N) is 1. The fourth-order valence-electron chi connectivity index (χ4n) is 2.42. The number of phenols is 1. The van der Waals surface area contributed by atoms with Crippen molar-refractivity contribution in [1.29, 1.82) is 0 Å². The van der Waals surface area contributed by atoms with Crippen LogP contribution < -0.4 is 5.43 Å². The van der Waals surface area contributed by atoms with Crippen LogP contribution in [0.25, 0.3) is 0 Å². The Hall–Kier alpha value is -2.62. The lowest BCUT2D eigenvalue weighted by atomic mass is 9.96. The highest BCUT2D eigenvalue weighted by molar-refractivity contribution is 5.87. The van der Waals surface area contributed by atoms with E-state index in [1.54, 1.807) is 24.3 Å². The minimum atomic E-state index is -0.292. The molecule has 0 aliphatic rings. The van der Waals surface area contributed by atoms with Gasteiger partial charge in [-0.25, -0.2) is 5.43 Å². The van der Waals surface area contributed by atoms with E-state index in [2.05, 4.69) is 36.5 Å². The summed E-state index contributed by atoms with van der Waals surface area (Å²) in [6.45, 7) is 6.22. The van der Waals surface area contributed by atoms with Crippen molar-refractivity contribution < 1.29 is 9.90 Å². The molecule has 0 bridgehead atoms. The molecule has 0 fully saturated rings. The number of amides is 1. The normalized spacial score (nSPS) is 12.5. The number of aromatic hydroxyl groups is 1. The van der Waals surface area contributed by atoms with Gasteiger partial charge in [0.2, 0.25) is 5.91 Å². The molecule has 0 aliphatic heterocycles. The summed E-state index contributed by atoms with van der Waals surface area (Å²) >= 11 is 0. The average Bonchev–Trinajstić information content (AvgIpc) is 2.56. The van der Waals surface area contributed by atoms with Crippen LogP contribution in [0.15, 0.2) is 53.6 Å². The smallest absolute Gasteiger partial charge is 0.247 e. The molecule has 0 spiro atoms. The molecule has 2 aromatic carbocycles. The van der Waals surface area contributed by atoms with Gasteiger partial charge >= 0.3 is 0 Å². The Kier molecular flexibility index (Phi) is 6.13. The zero-order valence-corrected chi connectivity index (χ0v) is 14.4. The Balaban J connectivity index is 1.95. The minimum Gasteiger partial charge on any atom is -0.507 e. The van der Waals surface area contributed by atoms with E-state index in [1.165, 1.54) is 11.8 Å². The molecule has 2 rings (SSSR count). The summed E-state index contributed by atoms with van der Waals surface area (Å²) in [7, 11) is 0. The molecular formula is C20H24N2O2. The van der Waals surface area contributed by atoms with E-state index in [1.807, 2.05) is 19.1 Å². The molecule has 1 atom stereocenters. The van der Waals surface area contributed by atoms with Crippen LogP contribution in [0.2, 0.25) is 0 Å². The van der Waals surface area contributed by atoms with E-state index in [4.69, 9.17) is 0 Å². The molecule has 4 nitrogen and oxygen atoms in total. The summed E-state index contributed by atoms with van der Waals surface area (Å²) in [5.74, 6) is 0.266. The van der Waals surface area contributed by atoms with E-state index < -0.39 is 0 Å². The SMILES string of the molecule is CC(C)Cc1ccc(C(C)C(=O)N/N=C\c2ccccc2O)cc1. The van der Waals surface area contributed by atoms with Crippen molar-refractivity contribution in [3.05, 3.63) is 65.2 Å². The quantitative estimate of drug-likeness (QED) is 0.626. The number of hydrogen-bond acceptors (Lipinski definition) is 3. The molecule has 0 saturated carbocycles. The molecule has 4 heteroatoms. The summed E-state index contributed by atoms with van der Waals surface area (Å²) in [5.41, 5.74) is 5.31. The number of benzene rings is 2. The summed E-state index contributed by atoms with van der Waals surface area (Å²) in [4.78, 5) is 12.2. The van der Waals surface area contributed by atoms with E-state index in [0.29, 0.717) is 11.5 Å². The third-order valence-electron chi connectivity index (χ3n) is 3.83. The lowest BCUT2D eigenvalue weighted by molar-refractivity contribution is -0.122. The van der Waals surface area contributed by atoms with Crippen molar-refractivity contribution in [2.24, 2.45) is 11.0 Å². The molecule has 2 aromatic rings. The average molecular weight is 324 g/mol. The molecule has 126 valence electrons. The van der Waals surface area contributed by atoms with E-state index in [9.17, 15) is 9.90 Å². The second-order valence-electron chi connectivity index (χ2n) is 6.35. The van der Waals surface area contributed by atoms with Gasteiger partial charge in [0.1, 0.15) is 5.75 Å². The number of carbonyl (C=O) groups is 1. The van der Waals surface area contributed by atoms with Gasteiger partial charge in [-0.1, -0.05) is 50.2 Å². The zero-order valence-electron chi connectivity index (χ0n) is 14.4. The van der Waals surface area contributed by atoms with E-state index in [-0.39, 0.29) is 17.6 Å². The highest BCUT2D eigenvalue weighted by Crippen LogP contribution is 2.18. The summed E-state index contributed by atoms with van der Waals surface area (Å²) in [6, 6.07) is 15.0. The van der Waals surface area contributed by atoms with Crippen LogP contribution in [0.3, 0.4) is 0 Å². The highest BCUT2D eigenvalue weighted by atomic mass is 16.3. The zero-order chi connectivity index (χ0) is 17.5. The predicted molar refractivity (Wildman–Crippen MR) is 97.2 cm³/mol. The monoisotopic (exact) mass is 324 g/mol. The second-order valence-corrected chi connectivity index (χ2v) is 6.35. The summed E-state index contributed by atoms with van der Waals surface area (Å²) in [6.07, 6.45) is 2.47. The largest absolute Gasteiger partial charge is 0.507 e. The van der Waals surface area contributed by atoms with Gasteiger partial charge in [-0.15, -0.1) is 0 Å². The minimum absolute atomic E-state index is 0.129. The Morgan fingerprint density at radius 2 is 1.79 bits per heavy atom. The van der Waals surface area contributed by atoms with Crippen molar-refractivity contribution in [2.45, 2.75) is 33.1 Å². The van der Waals surface area contributed by atoms with Crippen LogP contribution in [0.1, 0.15) is 43.4 Å². The molecule has 0 heterocycles. The Morgan fingerprint density at radius 3 is 2.42 bits per heavy atom. The maximum Gasteiger partial charge on any atom is 0.247 e. The summed E-state index contributed by atoms with van der Waals surface area (Å²) < 4.78 is 0. The van der Waals surface area contributed by atoms with E-state index in [0.717, 1.165) is 12.0 Å². The molecule has 2 N–H and O–H groups in total. The van der Waals surface area contributed by atoms with Gasteiger partial charge < -0.3 is 5.11 Å². The lowest BCUT2D eigenvalue weighted by Crippen LogP contribution is -2.23. The third-order valence-corrected chi connectivity index (χ3v) is 3.83. The van der Waals surface area contributed by atoms with Gasteiger partial charge in [0.15, 0.2) is 0 Å². The van der Waals surface area contributed by atoms with Crippen LogP contribution in [0.5, 0.6) is 5.75 Å². The molecular weight excluding hydrogens is 300 g/mol. The van der Waals surface area contributed by atoms with Gasteiger partial charge in [-0.05, 0) is 42.5 Å². The topological polar surface area (TPSA) is 61.7 Å². The number of para-hydroxylation sites is 1. The lowest BCUT2D eigenvalue weighted by Gasteiger charge is -2.11.